The van der Waals surface area contributed by atoms with Crippen molar-refractivity contribution in [2.24, 2.45) is 0 Å². The van der Waals surface area contributed by atoms with Crippen LogP contribution in [-0.4, -0.2) is 41.0 Å². The number of hydrogen-bond acceptors (Lipinski definition) is 5. The van der Waals surface area contributed by atoms with Gasteiger partial charge in [0.15, 0.2) is 0 Å². The molecule has 2 aromatic carbocycles. The minimum atomic E-state index is -0.344. The number of nitrogens with zero attached hydrogens (tertiary/aromatic N) is 3. The molecule has 0 aliphatic heterocycles. The van der Waals surface area contributed by atoms with Gasteiger partial charge in [-0.25, -0.2) is 4.39 Å². The summed E-state index contributed by atoms with van der Waals surface area (Å²) >= 11 is 0. The molecule has 8 heteroatoms. The van der Waals surface area contributed by atoms with E-state index in [1.165, 1.54) is 11.0 Å². The van der Waals surface area contributed by atoms with E-state index in [1.807, 2.05) is 0 Å². The van der Waals surface area contributed by atoms with Crippen molar-refractivity contribution < 1.29 is 18.5 Å². The Hall–Kier alpha value is -3.55. The zero-order chi connectivity index (χ0) is 21.0. The molecule has 1 heterocycles. The Balaban J connectivity index is 1.59. The molecule has 0 atom stereocenters. The highest BCUT2D eigenvalue weighted by Crippen LogP contribution is 2.19. The number of nitrogens with one attached hydrogen (secondary N) is 1. The van der Waals surface area contributed by atoms with Crippen LogP contribution >= 0.6 is 0 Å². The molecule has 7 nitrogen and oxygen atoms in total. The number of aryl methyl sites for hydroxylation is 2. The molecule has 150 valence electrons. The Morgan fingerprint density at radius 1 is 1.17 bits per heavy atom. The van der Waals surface area contributed by atoms with Gasteiger partial charge in [-0.1, -0.05) is 23.4 Å². The zero-order valence-corrected chi connectivity index (χ0v) is 16.4. The van der Waals surface area contributed by atoms with Gasteiger partial charge < -0.3 is 14.7 Å². The summed E-state index contributed by atoms with van der Waals surface area (Å²) in [7, 11) is 3.33. The number of amides is 2. The van der Waals surface area contributed by atoms with Gasteiger partial charge >= 0.3 is 0 Å². The van der Waals surface area contributed by atoms with Crippen molar-refractivity contribution in [3.8, 4) is 11.4 Å². The largest absolute Gasteiger partial charge is 0.345 e. The molecular weight excluding hydrogens is 375 g/mol. The average molecular weight is 396 g/mol. The van der Waals surface area contributed by atoms with Crippen LogP contribution in [0.1, 0.15) is 28.2 Å². The Kier molecular flexibility index (Phi) is 6.01. The van der Waals surface area contributed by atoms with Gasteiger partial charge in [-0.2, -0.15) is 4.98 Å². The van der Waals surface area contributed by atoms with E-state index in [0.717, 1.165) is 0 Å². The number of anilines is 1. The number of aromatic nitrogens is 2. The molecule has 3 aromatic rings. The highest BCUT2D eigenvalue weighted by atomic mass is 19.1. The van der Waals surface area contributed by atoms with Gasteiger partial charge in [-0.05, 0) is 36.8 Å². The lowest BCUT2D eigenvalue weighted by Crippen LogP contribution is -2.22. The van der Waals surface area contributed by atoms with Crippen molar-refractivity contribution in [2.45, 2.75) is 19.8 Å². The molecule has 0 unspecified atom stereocenters. The number of hydrogen-bond donors (Lipinski definition) is 1. The van der Waals surface area contributed by atoms with Crippen molar-refractivity contribution in [3.05, 3.63) is 65.3 Å². The maximum Gasteiger partial charge on any atom is 0.253 e. The quantitative estimate of drug-likeness (QED) is 0.689. The van der Waals surface area contributed by atoms with E-state index < -0.39 is 0 Å². The highest BCUT2D eigenvalue weighted by molar-refractivity contribution is 5.97. The average Bonchev–Trinajstić information content (AvgIpc) is 3.17. The minimum absolute atomic E-state index is 0.121. The molecule has 0 saturated carbocycles. The van der Waals surface area contributed by atoms with E-state index >= 15 is 0 Å². The van der Waals surface area contributed by atoms with E-state index in [-0.39, 0.29) is 42.2 Å². The second-order valence-corrected chi connectivity index (χ2v) is 6.80. The minimum Gasteiger partial charge on any atom is -0.345 e. The first kappa shape index (κ1) is 20.2. The van der Waals surface area contributed by atoms with Crippen LogP contribution in [0.5, 0.6) is 0 Å². The van der Waals surface area contributed by atoms with Gasteiger partial charge in [0.05, 0.1) is 0 Å². The van der Waals surface area contributed by atoms with Crippen molar-refractivity contribution in [3.63, 3.8) is 0 Å². The number of benzene rings is 2. The molecule has 0 aliphatic carbocycles. The lowest BCUT2D eigenvalue weighted by atomic mass is 10.1. The SMILES string of the molecule is Cc1ccc(-c2noc(CCC(=O)Nc3cccc(C(=O)N(C)C)c3)n2)cc1F. The second-order valence-electron chi connectivity index (χ2n) is 6.80. The highest BCUT2D eigenvalue weighted by Gasteiger charge is 2.13. The van der Waals surface area contributed by atoms with Crippen LogP contribution in [0.2, 0.25) is 0 Å². The summed E-state index contributed by atoms with van der Waals surface area (Å²) in [6.07, 6.45) is 0.360. The Labute approximate surface area is 167 Å². The second kappa shape index (κ2) is 8.64. The summed E-state index contributed by atoms with van der Waals surface area (Å²) < 4.78 is 18.8. The summed E-state index contributed by atoms with van der Waals surface area (Å²) in [4.78, 5) is 29.9. The third kappa shape index (κ3) is 5.04. The first-order valence-electron chi connectivity index (χ1n) is 9.04. The third-order valence-electron chi connectivity index (χ3n) is 4.26. The molecule has 29 heavy (non-hydrogen) atoms. The first-order chi connectivity index (χ1) is 13.8. The molecule has 0 radical (unpaired) electrons. The van der Waals surface area contributed by atoms with Crippen LogP contribution in [0.4, 0.5) is 10.1 Å². The number of carbonyl (C=O) groups is 2. The molecular formula is C21H21FN4O3. The molecule has 0 aliphatic rings. The molecule has 2 amide bonds. The van der Waals surface area contributed by atoms with E-state index in [0.29, 0.717) is 22.4 Å². The normalized spacial score (nSPS) is 10.6. The number of halogens is 1. The fourth-order valence-electron chi connectivity index (χ4n) is 2.64. The lowest BCUT2D eigenvalue weighted by molar-refractivity contribution is -0.116. The van der Waals surface area contributed by atoms with Crippen LogP contribution in [-0.2, 0) is 11.2 Å². The topological polar surface area (TPSA) is 88.3 Å². The zero-order valence-electron chi connectivity index (χ0n) is 16.4. The Bertz CT molecular complexity index is 1050. The molecule has 1 aromatic heterocycles. The van der Waals surface area contributed by atoms with Crippen LogP contribution in [0.15, 0.2) is 47.0 Å². The predicted octanol–water partition coefficient (Wildman–Crippen LogP) is 3.46. The van der Waals surface area contributed by atoms with Crippen LogP contribution < -0.4 is 5.32 Å². The monoisotopic (exact) mass is 396 g/mol. The molecule has 0 bridgehead atoms. The van der Waals surface area contributed by atoms with Crippen LogP contribution in [0.3, 0.4) is 0 Å². The first-order valence-corrected chi connectivity index (χ1v) is 9.04. The fraction of sp³-hybridized carbons (Fsp3) is 0.238. The van der Waals surface area contributed by atoms with E-state index in [1.54, 1.807) is 57.4 Å². The third-order valence-corrected chi connectivity index (χ3v) is 4.26. The molecule has 1 N–H and O–H groups in total. The van der Waals surface area contributed by atoms with Crippen LogP contribution in [0.25, 0.3) is 11.4 Å². The molecule has 3 rings (SSSR count). The van der Waals surface area contributed by atoms with E-state index in [2.05, 4.69) is 15.5 Å². The smallest absolute Gasteiger partial charge is 0.253 e. The van der Waals surface area contributed by atoms with Gasteiger partial charge in [-0.3, -0.25) is 9.59 Å². The fourth-order valence-corrected chi connectivity index (χ4v) is 2.64. The van der Waals surface area contributed by atoms with Gasteiger partial charge in [0.2, 0.25) is 17.6 Å². The summed E-state index contributed by atoms with van der Waals surface area (Å²) in [6, 6.07) is 11.4. The molecule has 0 fully saturated rings. The van der Waals surface area contributed by atoms with Crippen molar-refractivity contribution in [2.75, 3.05) is 19.4 Å². The van der Waals surface area contributed by atoms with E-state index in [4.69, 9.17) is 4.52 Å². The summed E-state index contributed by atoms with van der Waals surface area (Å²) in [5.41, 5.74) is 2.06. The van der Waals surface area contributed by atoms with Gasteiger partial charge in [0.25, 0.3) is 5.91 Å². The number of carbonyl (C=O) groups excluding carboxylic acids is 2. The van der Waals surface area contributed by atoms with Gasteiger partial charge in [0.1, 0.15) is 5.82 Å². The predicted molar refractivity (Wildman–Crippen MR) is 106 cm³/mol. The number of rotatable bonds is 6. The molecule has 0 spiro atoms. The maximum atomic E-state index is 13.7. The molecule has 0 saturated heterocycles. The van der Waals surface area contributed by atoms with Gasteiger partial charge in [0, 0.05) is 43.8 Å². The maximum absolute atomic E-state index is 13.7. The standard InChI is InChI=1S/C21H21FN4O3/c1-13-7-8-14(12-17(13)22)20-24-19(29-25-20)10-9-18(27)23-16-6-4-5-15(11-16)21(28)26(2)3/h4-8,11-12H,9-10H2,1-3H3,(H,23,27). The summed E-state index contributed by atoms with van der Waals surface area (Å²) in [5.74, 6) is -0.183. The van der Waals surface area contributed by atoms with E-state index in [9.17, 15) is 14.0 Å². The van der Waals surface area contributed by atoms with Crippen LogP contribution in [0, 0.1) is 12.7 Å². The van der Waals surface area contributed by atoms with Crippen molar-refractivity contribution in [1.82, 2.24) is 15.0 Å². The van der Waals surface area contributed by atoms with Crippen molar-refractivity contribution in [1.29, 1.82) is 0 Å². The van der Waals surface area contributed by atoms with Gasteiger partial charge in [-0.15, -0.1) is 0 Å². The van der Waals surface area contributed by atoms with Crippen molar-refractivity contribution >= 4 is 17.5 Å². The lowest BCUT2D eigenvalue weighted by Gasteiger charge is -2.11. The summed E-state index contributed by atoms with van der Waals surface area (Å²) in [6.45, 7) is 1.67. The Morgan fingerprint density at radius 2 is 1.97 bits per heavy atom. The Morgan fingerprint density at radius 3 is 2.69 bits per heavy atom. The summed E-state index contributed by atoms with van der Waals surface area (Å²) in [5, 5.41) is 6.59.